The fourth-order valence-corrected chi connectivity index (χ4v) is 5.16. The van der Waals surface area contributed by atoms with Crippen LogP contribution in [-0.4, -0.2) is 55.0 Å². The highest BCUT2D eigenvalue weighted by Gasteiger charge is 2.42. The Morgan fingerprint density at radius 2 is 1.81 bits per heavy atom. The number of amides is 2. The van der Waals surface area contributed by atoms with Crippen molar-refractivity contribution in [2.75, 3.05) is 31.1 Å². The standard InChI is InChI=1S/C30H38FN3O3/c1-2-3-19-33(24-13-5-4-6-14-24)20-11-18-32-29(35)22-34-26-16-9-10-17-27(26)37-28(30(34)36)21-23-12-7-8-15-25(23)31/h4-8,12-15,21,26-27H,2-3,9-11,16-20,22H2,1H3,(H,32,35)/b28-21+. The molecule has 37 heavy (non-hydrogen) atoms. The molecule has 1 aliphatic carbocycles. The molecule has 1 N–H and O–H groups in total. The second kappa shape index (κ2) is 13.3. The lowest BCUT2D eigenvalue weighted by atomic mass is 9.89. The lowest BCUT2D eigenvalue weighted by Crippen LogP contribution is -2.57. The van der Waals surface area contributed by atoms with Crippen molar-refractivity contribution in [2.45, 2.75) is 64.0 Å². The summed E-state index contributed by atoms with van der Waals surface area (Å²) in [5, 5.41) is 3.00. The van der Waals surface area contributed by atoms with Gasteiger partial charge in [0.25, 0.3) is 5.91 Å². The average molecular weight is 508 g/mol. The summed E-state index contributed by atoms with van der Waals surface area (Å²) in [6.07, 6.45) is 7.98. The number of para-hydroxylation sites is 1. The topological polar surface area (TPSA) is 61.9 Å². The number of unbranched alkanes of at least 4 members (excludes halogenated alkanes) is 1. The van der Waals surface area contributed by atoms with Crippen LogP contribution in [-0.2, 0) is 14.3 Å². The predicted molar refractivity (Wildman–Crippen MR) is 144 cm³/mol. The second-order valence-electron chi connectivity index (χ2n) is 9.85. The van der Waals surface area contributed by atoms with Gasteiger partial charge in [0.2, 0.25) is 5.91 Å². The molecule has 4 rings (SSSR count). The summed E-state index contributed by atoms with van der Waals surface area (Å²) in [6.45, 7) is 4.54. The summed E-state index contributed by atoms with van der Waals surface area (Å²) in [6, 6.07) is 16.5. The van der Waals surface area contributed by atoms with Gasteiger partial charge in [-0.1, -0.05) is 56.2 Å². The first kappa shape index (κ1) is 26.7. The van der Waals surface area contributed by atoms with E-state index in [-0.39, 0.29) is 36.3 Å². The molecule has 198 valence electrons. The van der Waals surface area contributed by atoms with Crippen LogP contribution in [0.2, 0.25) is 0 Å². The SMILES string of the molecule is CCCCN(CCCNC(=O)CN1C(=O)/C(=C\c2ccccc2F)OC2CCCCC21)c1ccccc1. The maximum absolute atomic E-state index is 14.2. The molecule has 1 saturated carbocycles. The third-order valence-corrected chi connectivity index (χ3v) is 7.15. The zero-order valence-electron chi connectivity index (χ0n) is 21.7. The molecule has 1 saturated heterocycles. The quantitative estimate of drug-likeness (QED) is 0.338. The number of hydrogen-bond acceptors (Lipinski definition) is 4. The van der Waals surface area contributed by atoms with Crippen LogP contribution in [0.5, 0.6) is 0 Å². The van der Waals surface area contributed by atoms with E-state index >= 15 is 0 Å². The molecule has 2 atom stereocenters. The Kier molecular flexibility index (Phi) is 9.58. The molecule has 2 fully saturated rings. The van der Waals surface area contributed by atoms with Crippen LogP contribution in [0.3, 0.4) is 0 Å². The molecule has 6 nitrogen and oxygen atoms in total. The van der Waals surface area contributed by atoms with Crippen molar-refractivity contribution in [1.82, 2.24) is 10.2 Å². The maximum atomic E-state index is 14.2. The minimum atomic E-state index is -0.412. The number of halogens is 1. The highest BCUT2D eigenvalue weighted by Crippen LogP contribution is 2.33. The van der Waals surface area contributed by atoms with Crippen LogP contribution in [0.1, 0.15) is 57.4 Å². The Labute approximate surface area is 219 Å². The monoisotopic (exact) mass is 507 g/mol. The van der Waals surface area contributed by atoms with Gasteiger partial charge in [-0.3, -0.25) is 9.59 Å². The van der Waals surface area contributed by atoms with E-state index in [9.17, 15) is 14.0 Å². The van der Waals surface area contributed by atoms with Gasteiger partial charge in [0.1, 0.15) is 18.5 Å². The summed E-state index contributed by atoms with van der Waals surface area (Å²) in [5.74, 6) is -0.832. The molecule has 2 amide bonds. The molecule has 2 aliphatic rings. The Hall–Kier alpha value is -3.35. The third kappa shape index (κ3) is 7.12. The molecule has 1 aliphatic heterocycles. The lowest BCUT2D eigenvalue weighted by molar-refractivity contribution is -0.151. The van der Waals surface area contributed by atoms with E-state index in [4.69, 9.17) is 4.74 Å². The molecular weight excluding hydrogens is 469 g/mol. The smallest absolute Gasteiger partial charge is 0.289 e. The number of carbonyl (C=O) groups excluding carboxylic acids is 2. The number of hydrogen-bond donors (Lipinski definition) is 1. The molecule has 0 spiro atoms. The number of benzene rings is 2. The van der Waals surface area contributed by atoms with Gasteiger partial charge in [0, 0.05) is 30.9 Å². The van der Waals surface area contributed by atoms with Crippen molar-refractivity contribution in [2.24, 2.45) is 0 Å². The Balaban J connectivity index is 1.35. The van der Waals surface area contributed by atoms with Gasteiger partial charge >= 0.3 is 0 Å². The first-order chi connectivity index (χ1) is 18.1. The number of nitrogens with zero attached hydrogens (tertiary/aromatic N) is 2. The average Bonchev–Trinajstić information content (AvgIpc) is 2.92. The van der Waals surface area contributed by atoms with E-state index in [0.717, 1.165) is 58.0 Å². The lowest BCUT2D eigenvalue weighted by Gasteiger charge is -2.44. The van der Waals surface area contributed by atoms with E-state index < -0.39 is 5.82 Å². The number of fused-ring (bicyclic) bond motifs is 1. The third-order valence-electron chi connectivity index (χ3n) is 7.15. The number of nitrogens with one attached hydrogen (secondary N) is 1. The molecule has 1 heterocycles. The van der Waals surface area contributed by atoms with Crippen molar-refractivity contribution in [1.29, 1.82) is 0 Å². The summed E-state index contributed by atoms with van der Waals surface area (Å²) in [7, 11) is 0. The predicted octanol–water partition coefficient (Wildman–Crippen LogP) is 5.15. The van der Waals surface area contributed by atoms with Crippen molar-refractivity contribution in [3.63, 3.8) is 0 Å². The second-order valence-corrected chi connectivity index (χ2v) is 9.85. The summed E-state index contributed by atoms with van der Waals surface area (Å²) >= 11 is 0. The van der Waals surface area contributed by atoms with Crippen LogP contribution < -0.4 is 10.2 Å². The van der Waals surface area contributed by atoms with E-state index in [0.29, 0.717) is 12.1 Å². The molecule has 2 aromatic rings. The van der Waals surface area contributed by atoms with Crippen LogP contribution >= 0.6 is 0 Å². The molecule has 7 heteroatoms. The highest BCUT2D eigenvalue weighted by atomic mass is 19.1. The number of morpholine rings is 1. The van der Waals surface area contributed by atoms with Gasteiger partial charge in [-0.25, -0.2) is 4.39 Å². The largest absolute Gasteiger partial charge is 0.482 e. The van der Waals surface area contributed by atoms with E-state index in [1.807, 2.05) is 18.2 Å². The molecule has 0 aromatic heterocycles. The highest BCUT2D eigenvalue weighted by molar-refractivity contribution is 5.98. The van der Waals surface area contributed by atoms with Gasteiger partial charge in [-0.15, -0.1) is 0 Å². The van der Waals surface area contributed by atoms with E-state index in [1.54, 1.807) is 23.1 Å². The molecular formula is C30H38FN3O3. The van der Waals surface area contributed by atoms with Crippen molar-refractivity contribution < 1.29 is 18.7 Å². The van der Waals surface area contributed by atoms with Crippen molar-refractivity contribution in [3.05, 3.63) is 71.7 Å². The van der Waals surface area contributed by atoms with Gasteiger partial charge in [0.05, 0.1) is 6.04 Å². The van der Waals surface area contributed by atoms with Crippen molar-refractivity contribution in [3.8, 4) is 0 Å². The van der Waals surface area contributed by atoms with Gasteiger partial charge in [-0.2, -0.15) is 0 Å². The van der Waals surface area contributed by atoms with Gasteiger partial charge in [0.15, 0.2) is 5.76 Å². The van der Waals surface area contributed by atoms with E-state index in [2.05, 4.69) is 29.3 Å². The first-order valence-corrected chi connectivity index (χ1v) is 13.6. The van der Waals surface area contributed by atoms with Crippen LogP contribution in [0.4, 0.5) is 10.1 Å². The maximum Gasteiger partial charge on any atom is 0.289 e. The van der Waals surface area contributed by atoms with Gasteiger partial charge in [-0.05, 0) is 56.4 Å². The zero-order chi connectivity index (χ0) is 26.0. The first-order valence-electron chi connectivity index (χ1n) is 13.6. The number of rotatable bonds is 11. The normalized spacial score (nSPS) is 20.3. The van der Waals surface area contributed by atoms with Crippen LogP contribution in [0, 0.1) is 5.82 Å². The molecule has 2 aromatic carbocycles. The molecule has 2 unspecified atom stereocenters. The molecule has 0 bridgehead atoms. The Bertz CT molecular complexity index is 1070. The summed E-state index contributed by atoms with van der Waals surface area (Å²) in [5.41, 5.74) is 1.49. The number of ether oxygens (including phenoxy) is 1. The van der Waals surface area contributed by atoms with Crippen molar-refractivity contribution >= 4 is 23.6 Å². The fourth-order valence-electron chi connectivity index (χ4n) is 5.16. The zero-order valence-corrected chi connectivity index (χ0v) is 21.7. The van der Waals surface area contributed by atoms with Crippen LogP contribution in [0.25, 0.3) is 6.08 Å². The fraction of sp³-hybridized carbons (Fsp3) is 0.467. The minimum absolute atomic E-state index is 0.0177. The Morgan fingerprint density at radius 3 is 2.59 bits per heavy atom. The summed E-state index contributed by atoms with van der Waals surface area (Å²) < 4.78 is 20.3. The number of carbonyl (C=O) groups is 2. The number of anilines is 1. The minimum Gasteiger partial charge on any atom is -0.482 e. The van der Waals surface area contributed by atoms with Gasteiger partial charge < -0.3 is 19.9 Å². The molecule has 0 radical (unpaired) electrons. The summed E-state index contributed by atoms with van der Waals surface area (Å²) in [4.78, 5) is 30.2. The Morgan fingerprint density at radius 1 is 1.08 bits per heavy atom. The van der Waals surface area contributed by atoms with E-state index in [1.165, 1.54) is 17.8 Å². The van der Waals surface area contributed by atoms with Crippen LogP contribution in [0.15, 0.2) is 60.4 Å².